The summed E-state index contributed by atoms with van der Waals surface area (Å²) < 4.78 is 7.88. The fourth-order valence-corrected chi connectivity index (χ4v) is 3.90. The topological polar surface area (TPSA) is 57.0 Å². The minimum atomic E-state index is -0.0635. The van der Waals surface area contributed by atoms with Gasteiger partial charge in [-0.15, -0.1) is 16.4 Å². The Kier molecular flexibility index (Phi) is 4.73. The van der Waals surface area contributed by atoms with Crippen LogP contribution in [0.15, 0.2) is 54.0 Å². The third kappa shape index (κ3) is 3.48. The van der Waals surface area contributed by atoms with Crippen molar-refractivity contribution in [3.05, 3.63) is 75.9 Å². The van der Waals surface area contributed by atoms with Crippen LogP contribution in [0.3, 0.4) is 0 Å². The maximum Gasteiger partial charge on any atom is 0.241 e. The maximum absolute atomic E-state index is 12.8. The van der Waals surface area contributed by atoms with Crippen molar-refractivity contribution in [3.63, 3.8) is 0 Å². The van der Waals surface area contributed by atoms with Crippen molar-refractivity contribution in [2.45, 2.75) is 20.4 Å². The molecule has 0 atom stereocenters. The number of ether oxygens (including phenoxy) is 1. The molecule has 4 rings (SSSR count). The van der Waals surface area contributed by atoms with Crippen molar-refractivity contribution in [2.75, 3.05) is 6.61 Å². The van der Waals surface area contributed by atoms with E-state index in [1.54, 1.807) is 17.5 Å². The monoisotopic (exact) mass is 377 g/mol. The highest BCUT2D eigenvalue weighted by molar-refractivity contribution is 7.09. The molecule has 4 aromatic rings. The van der Waals surface area contributed by atoms with E-state index in [1.165, 1.54) is 4.88 Å². The lowest BCUT2D eigenvalue weighted by molar-refractivity contribution is 0.0918. The summed E-state index contributed by atoms with van der Waals surface area (Å²) in [6, 6.07) is 13.8. The highest BCUT2D eigenvalue weighted by Gasteiger charge is 2.17. The molecule has 0 bridgehead atoms. The van der Waals surface area contributed by atoms with Crippen LogP contribution in [-0.4, -0.2) is 27.2 Å². The van der Waals surface area contributed by atoms with Crippen LogP contribution in [0.4, 0.5) is 0 Å². The summed E-state index contributed by atoms with van der Waals surface area (Å²) in [5.41, 5.74) is 2.71. The highest BCUT2D eigenvalue weighted by atomic mass is 32.1. The molecule has 0 unspecified atom stereocenters. The second-order valence-corrected chi connectivity index (χ2v) is 7.43. The Balaban J connectivity index is 1.53. The summed E-state index contributed by atoms with van der Waals surface area (Å²) in [5.74, 6) is 0.323. The largest absolute Gasteiger partial charge is 0.468 e. The summed E-state index contributed by atoms with van der Waals surface area (Å²) in [4.78, 5) is 14.0. The minimum absolute atomic E-state index is 0.0599. The van der Waals surface area contributed by atoms with Crippen LogP contribution in [-0.2, 0) is 6.54 Å². The number of carbonyl (C=O) groups excluding carboxylic acids is 1. The summed E-state index contributed by atoms with van der Waals surface area (Å²) >= 11 is 1.72. The number of ketones is 1. The summed E-state index contributed by atoms with van der Waals surface area (Å²) in [7, 11) is 0. The molecule has 0 spiro atoms. The van der Waals surface area contributed by atoms with E-state index in [0.29, 0.717) is 11.4 Å². The molecule has 136 valence electrons. The van der Waals surface area contributed by atoms with E-state index in [-0.39, 0.29) is 12.4 Å². The fraction of sp³-hybridized carbons (Fsp3) is 0.190. The zero-order chi connectivity index (χ0) is 18.8. The van der Waals surface area contributed by atoms with Crippen molar-refractivity contribution < 1.29 is 9.53 Å². The van der Waals surface area contributed by atoms with Crippen LogP contribution >= 0.6 is 11.3 Å². The van der Waals surface area contributed by atoms with Crippen molar-refractivity contribution >= 4 is 27.9 Å². The Morgan fingerprint density at radius 2 is 2.04 bits per heavy atom. The lowest BCUT2D eigenvalue weighted by atomic mass is 10.1. The normalized spacial score (nSPS) is 11.0. The van der Waals surface area contributed by atoms with Gasteiger partial charge in [-0.3, -0.25) is 4.79 Å². The first kappa shape index (κ1) is 17.4. The molecule has 5 nitrogen and oxygen atoms in total. The second kappa shape index (κ2) is 7.32. The number of Topliss-reactive ketones (excluding diaryl/α,β-unsaturated/α-hetero) is 1. The number of aryl methyl sites for hydroxylation is 1. The number of hydrogen-bond acceptors (Lipinski definition) is 5. The van der Waals surface area contributed by atoms with Gasteiger partial charge in [0.15, 0.2) is 6.61 Å². The van der Waals surface area contributed by atoms with Crippen molar-refractivity contribution in [1.82, 2.24) is 14.8 Å². The van der Waals surface area contributed by atoms with Gasteiger partial charge in [0.1, 0.15) is 0 Å². The van der Waals surface area contributed by atoms with Gasteiger partial charge in [-0.25, -0.2) is 0 Å². The molecule has 0 aliphatic carbocycles. The predicted molar refractivity (Wildman–Crippen MR) is 107 cm³/mol. The van der Waals surface area contributed by atoms with Gasteiger partial charge in [0.05, 0.1) is 12.7 Å². The Morgan fingerprint density at radius 3 is 2.85 bits per heavy atom. The first-order valence-corrected chi connectivity index (χ1v) is 9.57. The third-order valence-electron chi connectivity index (χ3n) is 4.64. The number of carbonyl (C=O) groups is 1. The van der Waals surface area contributed by atoms with Crippen LogP contribution in [0, 0.1) is 13.8 Å². The predicted octanol–water partition coefficient (Wildman–Crippen LogP) is 4.42. The summed E-state index contributed by atoms with van der Waals surface area (Å²) in [5, 5.41) is 11.8. The lowest BCUT2D eigenvalue weighted by Crippen LogP contribution is -2.14. The highest BCUT2D eigenvalue weighted by Crippen LogP contribution is 2.23. The molecule has 0 saturated heterocycles. The molecule has 1 aromatic carbocycles. The van der Waals surface area contributed by atoms with Gasteiger partial charge in [0.2, 0.25) is 11.7 Å². The Hall–Kier alpha value is -2.99. The molecule has 0 fully saturated rings. The number of thiophene rings is 1. The molecular weight excluding hydrogens is 358 g/mol. The van der Waals surface area contributed by atoms with Crippen molar-refractivity contribution in [1.29, 1.82) is 0 Å². The van der Waals surface area contributed by atoms with Gasteiger partial charge in [-0.1, -0.05) is 24.3 Å². The molecule has 3 aromatic heterocycles. The molecule has 0 aliphatic rings. The molecule has 0 N–H and O–H groups in total. The van der Waals surface area contributed by atoms with E-state index in [0.717, 1.165) is 28.7 Å². The molecule has 0 aliphatic heterocycles. The summed E-state index contributed by atoms with van der Waals surface area (Å²) in [6.45, 7) is 4.71. The van der Waals surface area contributed by atoms with Gasteiger partial charge in [0, 0.05) is 32.6 Å². The van der Waals surface area contributed by atoms with Crippen LogP contribution < -0.4 is 4.74 Å². The number of fused-ring (bicyclic) bond motifs is 1. The number of nitrogens with zero attached hydrogens (tertiary/aromatic N) is 3. The van der Waals surface area contributed by atoms with E-state index >= 15 is 0 Å². The minimum Gasteiger partial charge on any atom is -0.468 e. The van der Waals surface area contributed by atoms with E-state index in [4.69, 9.17) is 4.74 Å². The number of hydrogen-bond donors (Lipinski definition) is 0. The first-order chi connectivity index (χ1) is 13.1. The maximum atomic E-state index is 12.8. The smallest absolute Gasteiger partial charge is 0.241 e. The number of rotatable bonds is 6. The number of benzene rings is 1. The van der Waals surface area contributed by atoms with Gasteiger partial charge >= 0.3 is 0 Å². The van der Waals surface area contributed by atoms with Crippen LogP contribution in [0.25, 0.3) is 10.8 Å². The Labute approximate surface area is 161 Å². The molecule has 0 amide bonds. The number of aromatic nitrogens is 3. The molecule has 6 heteroatoms. The third-order valence-corrected chi connectivity index (χ3v) is 5.51. The molecular formula is C21H19N3O2S. The molecule has 3 heterocycles. The average Bonchev–Trinajstić information content (AvgIpc) is 3.30. The van der Waals surface area contributed by atoms with Gasteiger partial charge in [-0.05, 0) is 37.4 Å². The summed E-state index contributed by atoms with van der Waals surface area (Å²) in [6.07, 6.45) is 1.68. The Bertz CT molecular complexity index is 1090. The van der Waals surface area contributed by atoms with Crippen LogP contribution in [0.5, 0.6) is 5.88 Å². The average molecular weight is 377 g/mol. The second-order valence-electron chi connectivity index (χ2n) is 6.40. The quantitative estimate of drug-likeness (QED) is 0.467. The standard InChI is InChI=1S/C21H19N3O2S/c1-14-10-19(15(2)24(14)12-17-7-5-9-27-17)20(25)13-26-21-18-8-4-3-6-16(18)11-22-23-21/h3-11H,12-13H2,1-2H3. The first-order valence-electron chi connectivity index (χ1n) is 8.69. The zero-order valence-electron chi connectivity index (χ0n) is 15.2. The van der Waals surface area contributed by atoms with Gasteiger partial charge in [-0.2, -0.15) is 5.10 Å². The SMILES string of the molecule is Cc1cc(C(=O)COc2nncc3ccccc23)c(C)n1Cc1cccs1. The molecule has 0 radical (unpaired) electrons. The van der Waals surface area contributed by atoms with E-state index in [9.17, 15) is 4.79 Å². The fourth-order valence-electron chi connectivity index (χ4n) is 3.21. The van der Waals surface area contributed by atoms with Gasteiger partial charge < -0.3 is 9.30 Å². The van der Waals surface area contributed by atoms with E-state index in [2.05, 4.69) is 26.2 Å². The van der Waals surface area contributed by atoms with E-state index < -0.39 is 0 Å². The Morgan fingerprint density at radius 1 is 1.19 bits per heavy atom. The van der Waals surface area contributed by atoms with Crippen molar-refractivity contribution in [3.8, 4) is 5.88 Å². The van der Waals surface area contributed by atoms with E-state index in [1.807, 2.05) is 50.2 Å². The van der Waals surface area contributed by atoms with Crippen molar-refractivity contribution in [2.24, 2.45) is 0 Å². The molecule has 0 saturated carbocycles. The van der Waals surface area contributed by atoms with Crippen LogP contribution in [0.1, 0.15) is 26.6 Å². The molecule has 27 heavy (non-hydrogen) atoms. The van der Waals surface area contributed by atoms with Crippen LogP contribution in [0.2, 0.25) is 0 Å². The van der Waals surface area contributed by atoms with Gasteiger partial charge in [0.25, 0.3) is 0 Å². The zero-order valence-corrected chi connectivity index (χ0v) is 16.0. The lowest BCUT2D eigenvalue weighted by Gasteiger charge is -2.09.